The maximum absolute atomic E-state index is 10.2. The monoisotopic (exact) mass is 342 g/mol. The normalized spacial score (nSPS) is 16.1. The Morgan fingerprint density at radius 1 is 0.619 bits per heavy atom. The summed E-state index contributed by atoms with van der Waals surface area (Å²) in [5, 5.41) is 31.1. The van der Waals surface area contributed by atoms with E-state index in [4.69, 9.17) is 20.6 Å². The van der Waals surface area contributed by atoms with Gasteiger partial charge in [0.2, 0.25) is 0 Å². The van der Waals surface area contributed by atoms with Crippen LogP contribution in [0.4, 0.5) is 0 Å². The van der Waals surface area contributed by atoms with E-state index in [1.165, 1.54) is 0 Å². The molecule has 2 saturated heterocycles. The fraction of sp³-hybridized carbons (Fsp3) is 0.600. The number of rotatable bonds is 0. The van der Waals surface area contributed by atoms with Crippen LogP contribution in [0, 0.1) is 0 Å². The van der Waals surface area contributed by atoms with Gasteiger partial charge >= 0.3 is 0 Å². The molecule has 0 aromatic heterocycles. The summed E-state index contributed by atoms with van der Waals surface area (Å²) in [7, 11) is 2.00. The molecule has 0 saturated carbocycles. The predicted octanol–water partition coefficient (Wildman–Crippen LogP) is -1.74. The Hall–Kier alpha value is -1.17. The first-order valence-corrected chi connectivity index (χ1v) is 5.42. The van der Waals surface area contributed by atoms with Gasteiger partial charge in [-0.15, -0.1) is 0 Å². The van der Waals surface area contributed by atoms with Crippen LogP contribution in [0.3, 0.4) is 0 Å². The third kappa shape index (κ3) is 8.65. The van der Waals surface area contributed by atoms with Crippen LogP contribution in [0.15, 0.2) is 0 Å². The van der Waals surface area contributed by atoms with Gasteiger partial charge in [0.1, 0.15) is 0 Å². The second-order valence-electron chi connectivity index (χ2n) is 3.20. The number of imide groups is 2. The van der Waals surface area contributed by atoms with Crippen molar-refractivity contribution >= 4 is 23.6 Å². The van der Waals surface area contributed by atoms with Crippen LogP contribution >= 0.6 is 0 Å². The molecular formula is C10H18N2O8Ti. The van der Waals surface area contributed by atoms with E-state index in [0.717, 1.165) is 14.2 Å². The van der Waals surface area contributed by atoms with Crippen LogP contribution in [-0.4, -0.2) is 68.6 Å². The fourth-order valence-corrected chi connectivity index (χ4v) is 1.13. The van der Waals surface area contributed by atoms with Crippen molar-refractivity contribution in [3.63, 3.8) is 0 Å². The number of carbonyl (C=O) groups is 4. The predicted molar refractivity (Wildman–Crippen MR) is 62.0 cm³/mol. The SMILES string of the molecule is CO.CO.O=C1CCC(=O)N1O.O=C1CCC(=O)N1O.[Ti]. The van der Waals surface area contributed by atoms with Crippen LogP contribution in [-0.2, 0) is 40.9 Å². The molecule has 4 N–H and O–H groups in total. The summed E-state index contributed by atoms with van der Waals surface area (Å²) in [4.78, 5) is 41.0. The van der Waals surface area contributed by atoms with E-state index < -0.39 is 23.6 Å². The van der Waals surface area contributed by atoms with Gasteiger partial charge in [0.15, 0.2) is 0 Å². The van der Waals surface area contributed by atoms with Crippen LogP contribution < -0.4 is 0 Å². The molecule has 21 heavy (non-hydrogen) atoms. The summed E-state index contributed by atoms with van der Waals surface area (Å²) in [6, 6.07) is 0. The Bertz CT molecular complexity index is 297. The third-order valence-corrected chi connectivity index (χ3v) is 2.05. The van der Waals surface area contributed by atoms with Crippen molar-refractivity contribution in [3.8, 4) is 0 Å². The summed E-state index contributed by atoms with van der Waals surface area (Å²) < 4.78 is 0. The molecule has 0 aliphatic carbocycles. The van der Waals surface area contributed by atoms with Crippen LogP contribution in [0.5, 0.6) is 0 Å². The van der Waals surface area contributed by atoms with E-state index in [-0.39, 0.29) is 57.5 Å². The molecule has 10 nitrogen and oxygen atoms in total. The topological polar surface area (TPSA) is 156 Å². The van der Waals surface area contributed by atoms with E-state index in [0.29, 0.717) is 0 Å². The maximum atomic E-state index is 10.2. The summed E-state index contributed by atoms with van der Waals surface area (Å²) in [5.41, 5.74) is 0. The Morgan fingerprint density at radius 2 is 0.762 bits per heavy atom. The number of hydroxylamine groups is 4. The number of hydrogen-bond donors (Lipinski definition) is 4. The van der Waals surface area contributed by atoms with Gasteiger partial charge < -0.3 is 10.2 Å². The number of aliphatic hydroxyl groups is 2. The quantitative estimate of drug-likeness (QED) is 0.230. The van der Waals surface area contributed by atoms with Gasteiger partial charge in [-0.2, -0.15) is 10.1 Å². The first-order valence-electron chi connectivity index (χ1n) is 5.42. The summed E-state index contributed by atoms with van der Waals surface area (Å²) in [5.74, 6) is -2.02. The molecule has 0 radical (unpaired) electrons. The van der Waals surface area contributed by atoms with Crippen molar-refractivity contribution in [2.75, 3.05) is 14.2 Å². The van der Waals surface area contributed by atoms with Gasteiger partial charge in [0.05, 0.1) is 0 Å². The average Bonchev–Trinajstić information content (AvgIpc) is 2.94. The number of hydrogen-bond acceptors (Lipinski definition) is 8. The molecule has 0 aromatic carbocycles. The standard InChI is InChI=1S/2C4H5NO3.2CH4O.Ti/c2*6-3-1-2-4(7)5(3)8;2*1-2;/h2*8H,1-2H2;2*2H,1H3;. The Balaban J connectivity index is -0.000000240. The molecule has 120 valence electrons. The minimum Gasteiger partial charge on any atom is -0.400 e. The molecule has 11 heteroatoms. The molecule has 2 aliphatic heterocycles. The Labute approximate surface area is 135 Å². The molecule has 2 aliphatic rings. The van der Waals surface area contributed by atoms with E-state index >= 15 is 0 Å². The third-order valence-electron chi connectivity index (χ3n) is 2.05. The summed E-state index contributed by atoms with van der Waals surface area (Å²) in [6.45, 7) is 0. The van der Waals surface area contributed by atoms with Crippen LogP contribution in [0.1, 0.15) is 25.7 Å². The first kappa shape index (κ1) is 24.8. The molecule has 0 atom stereocenters. The molecule has 0 spiro atoms. The number of amides is 4. The zero-order chi connectivity index (χ0) is 16.3. The van der Waals surface area contributed by atoms with Crippen molar-refractivity contribution in [1.82, 2.24) is 10.1 Å². The van der Waals surface area contributed by atoms with Gasteiger partial charge in [0.25, 0.3) is 23.6 Å². The maximum Gasteiger partial charge on any atom is 0.253 e. The van der Waals surface area contributed by atoms with Crippen molar-refractivity contribution < 1.29 is 61.5 Å². The fourth-order valence-electron chi connectivity index (χ4n) is 1.13. The molecule has 0 unspecified atom stereocenters. The Kier molecular flexibility index (Phi) is 16.3. The minimum atomic E-state index is -0.505. The van der Waals surface area contributed by atoms with Crippen molar-refractivity contribution in [2.24, 2.45) is 0 Å². The Morgan fingerprint density at radius 3 is 0.810 bits per heavy atom. The van der Waals surface area contributed by atoms with Gasteiger partial charge in [0, 0.05) is 61.6 Å². The molecule has 2 rings (SSSR count). The first-order chi connectivity index (χ1) is 9.43. The number of carbonyl (C=O) groups excluding carboxylic acids is 4. The van der Waals surface area contributed by atoms with E-state index in [2.05, 4.69) is 0 Å². The summed E-state index contributed by atoms with van der Waals surface area (Å²) >= 11 is 0. The summed E-state index contributed by atoms with van der Waals surface area (Å²) in [6.07, 6.45) is 0.593. The van der Waals surface area contributed by atoms with Crippen molar-refractivity contribution in [3.05, 3.63) is 0 Å². The molecule has 4 amide bonds. The van der Waals surface area contributed by atoms with Gasteiger partial charge in [-0.05, 0) is 0 Å². The smallest absolute Gasteiger partial charge is 0.253 e. The van der Waals surface area contributed by atoms with Gasteiger partial charge in [-0.3, -0.25) is 29.6 Å². The van der Waals surface area contributed by atoms with Gasteiger partial charge in [-0.1, -0.05) is 0 Å². The average molecular weight is 342 g/mol. The largest absolute Gasteiger partial charge is 0.400 e. The molecular weight excluding hydrogens is 324 g/mol. The van der Waals surface area contributed by atoms with E-state index in [9.17, 15) is 19.2 Å². The number of aliphatic hydroxyl groups excluding tert-OH is 2. The van der Waals surface area contributed by atoms with Crippen LogP contribution in [0.2, 0.25) is 0 Å². The second-order valence-corrected chi connectivity index (χ2v) is 3.20. The zero-order valence-corrected chi connectivity index (χ0v) is 13.2. The van der Waals surface area contributed by atoms with Crippen molar-refractivity contribution in [1.29, 1.82) is 0 Å². The van der Waals surface area contributed by atoms with Gasteiger partial charge in [-0.25, -0.2) is 0 Å². The molecule has 2 heterocycles. The molecule has 2 fully saturated rings. The van der Waals surface area contributed by atoms with Crippen LogP contribution in [0.25, 0.3) is 0 Å². The van der Waals surface area contributed by atoms with Crippen molar-refractivity contribution in [2.45, 2.75) is 25.7 Å². The molecule has 0 aromatic rings. The zero-order valence-electron chi connectivity index (χ0n) is 11.6. The van der Waals surface area contributed by atoms with E-state index in [1.54, 1.807) is 0 Å². The number of nitrogens with zero attached hydrogens (tertiary/aromatic N) is 2. The minimum absolute atomic E-state index is 0. The van der Waals surface area contributed by atoms with E-state index in [1.807, 2.05) is 0 Å². The molecule has 0 bridgehead atoms. The second kappa shape index (κ2) is 13.8.